The van der Waals surface area contributed by atoms with Gasteiger partial charge < -0.3 is 15.0 Å². The standard InChI is InChI=1S/C14H33B2N2Si/c1-11(2)17(6)15-13(5)16(18(7)12(3)4)14(15)19(8,9)10/h11-13H,1-10H3/q-1. The van der Waals surface area contributed by atoms with Crippen LogP contribution in [0.4, 0.5) is 0 Å². The molecule has 0 N–H and O–H groups in total. The van der Waals surface area contributed by atoms with Gasteiger partial charge in [-0.15, -0.1) is 13.8 Å². The summed E-state index contributed by atoms with van der Waals surface area (Å²) in [7, 11) is 3.38. The molecule has 0 radical (unpaired) electrons. The first-order valence-electron chi connectivity index (χ1n) is 7.81. The third kappa shape index (κ3) is 3.30. The minimum absolute atomic E-state index is 0.629. The van der Waals surface area contributed by atoms with E-state index >= 15 is 0 Å². The van der Waals surface area contributed by atoms with Gasteiger partial charge in [-0.05, 0) is 26.2 Å². The van der Waals surface area contributed by atoms with Gasteiger partial charge in [-0.2, -0.15) is 0 Å². The molecule has 0 unspecified atom stereocenters. The van der Waals surface area contributed by atoms with Crippen molar-refractivity contribution in [3.63, 3.8) is 0 Å². The van der Waals surface area contributed by atoms with E-state index in [0.717, 1.165) is 5.72 Å². The van der Waals surface area contributed by atoms with Crippen molar-refractivity contribution < 1.29 is 0 Å². The van der Waals surface area contributed by atoms with Crippen LogP contribution in [0.1, 0.15) is 34.6 Å². The minimum atomic E-state index is -1.23. The van der Waals surface area contributed by atoms with E-state index in [0.29, 0.717) is 25.8 Å². The van der Waals surface area contributed by atoms with Crippen molar-refractivity contribution in [1.82, 2.24) is 9.62 Å². The van der Waals surface area contributed by atoms with Crippen LogP contribution in [-0.4, -0.2) is 57.6 Å². The van der Waals surface area contributed by atoms with Crippen LogP contribution in [0.25, 0.3) is 0 Å². The molecule has 0 spiro atoms. The quantitative estimate of drug-likeness (QED) is 0.563. The Balaban J connectivity index is 2.98. The topological polar surface area (TPSA) is 6.48 Å². The maximum absolute atomic E-state index is 2.59. The van der Waals surface area contributed by atoms with Crippen LogP contribution in [0.3, 0.4) is 0 Å². The summed E-state index contributed by atoms with van der Waals surface area (Å²) in [6, 6.07) is 1.26. The van der Waals surface area contributed by atoms with Gasteiger partial charge in [0.2, 0.25) is 0 Å². The largest absolute Gasteiger partial charge is 0.376 e. The van der Waals surface area contributed by atoms with Crippen LogP contribution in [0, 0.1) is 5.34 Å². The zero-order valence-corrected chi connectivity index (χ0v) is 15.8. The molecule has 0 aromatic rings. The third-order valence-electron chi connectivity index (χ3n) is 5.01. The van der Waals surface area contributed by atoms with Crippen LogP contribution in [0.2, 0.25) is 25.4 Å². The van der Waals surface area contributed by atoms with Crippen LogP contribution >= 0.6 is 0 Å². The number of nitrogens with zero attached hydrogens (tertiary/aromatic N) is 2. The van der Waals surface area contributed by atoms with Crippen LogP contribution < -0.4 is 0 Å². The molecule has 0 saturated carbocycles. The summed E-state index contributed by atoms with van der Waals surface area (Å²) in [5.41, 5.74) is 0.751. The Labute approximate surface area is 123 Å². The Morgan fingerprint density at radius 1 is 0.895 bits per heavy atom. The summed E-state index contributed by atoms with van der Waals surface area (Å²) in [6.45, 7) is 20.6. The predicted octanol–water partition coefficient (Wildman–Crippen LogP) is 3.12. The van der Waals surface area contributed by atoms with E-state index in [2.05, 4.69) is 78.0 Å². The minimum Gasteiger partial charge on any atom is -0.376 e. The summed E-state index contributed by atoms with van der Waals surface area (Å²) >= 11 is 0. The van der Waals surface area contributed by atoms with Gasteiger partial charge in [0, 0.05) is 13.7 Å². The molecule has 1 aliphatic rings. The van der Waals surface area contributed by atoms with E-state index in [-0.39, 0.29) is 0 Å². The Hall–Kier alpha value is 0.267. The highest BCUT2D eigenvalue weighted by molar-refractivity contribution is 7.19. The lowest BCUT2D eigenvalue weighted by molar-refractivity contribution is 0.402. The Morgan fingerprint density at radius 3 is 1.42 bits per heavy atom. The molecule has 1 aliphatic heterocycles. The second-order valence-electron chi connectivity index (χ2n) is 7.97. The molecule has 0 atom stereocenters. The summed E-state index contributed by atoms with van der Waals surface area (Å²) < 4.78 is 0. The van der Waals surface area contributed by atoms with Crippen molar-refractivity contribution in [2.24, 2.45) is 0 Å². The van der Waals surface area contributed by atoms with Gasteiger partial charge >= 0.3 is 0 Å². The lowest BCUT2D eigenvalue weighted by Gasteiger charge is -2.71. The Morgan fingerprint density at radius 2 is 1.21 bits per heavy atom. The average Bonchev–Trinajstić information content (AvgIpc) is 2.23. The molecule has 5 heteroatoms. The van der Waals surface area contributed by atoms with Crippen molar-refractivity contribution in [3.05, 3.63) is 5.34 Å². The molecule has 110 valence electrons. The lowest BCUT2D eigenvalue weighted by Crippen LogP contribution is -2.75. The monoisotopic (exact) mass is 279 g/mol. The molecular weight excluding hydrogens is 246 g/mol. The van der Waals surface area contributed by atoms with Gasteiger partial charge in [-0.3, -0.25) is 0 Å². The highest BCUT2D eigenvalue weighted by Crippen LogP contribution is 2.46. The second kappa shape index (κ2) is 5.94. The molecule has 1 saturated heterocycles. The number of hydrogen-bond donors (Lipinski definition) is 0. The molecule has 0 bridgehead atoms. The normalized spacial score (nSPS) is 19.3. The first-order valence-corrected chi connectivity index (χ1v) is 11.3. The molecule has 0 amide bonds. The van der Waals surface area contributed by atoms with Crippen molar-refractivity contribution in [3.8, 4) is 0 Å². The Bertz CT molecular complexity index is 282. The summed E-state index contributed by atoms with van der Waals surface area (Å²) in [5.74, 6) is 0. The van der Waals surface area contributed by atoms with Gasteiger partial charge in [-0.1, -0.05) is 54.3 Å². The molecule has 1 rings (SSSR count). The van der Waals surface area contributed by atoms with E-state index in [1.807, 2.05) is 5.34 Å². The van der Waals surface area contributed by atoms with Crippen molar-refractivity contribution >= 4 is 21.8 Å². The smallest absolute Gasteiger partial charge is 0.0446 e. The highest BCUT2D eigenvalue weighted by atomic mass is 28.3. The molecular formula is C14H33B2N2Si-. The first kappa shape index (κ1) is 17.3. The number of hydrogen-bond acceptors (Lipinski definition) is 2. The van der Waals surface area contributed by atoms with Crippen LogP contribution in [-0.2, 0) is 0 Å². The Kier molecular flexibility index (Phi) is 5.42. The lowest BCUT2D eigenvalue weighted by atomic mass is 9.10. The summed E-state index contributed by atoms with van der Waals surface area (Å²) in [6.07, 6.45) is 0. The fourth-order valence-electron chi connectivity index (χ4n) is 3.51. The fourth-order valence-corrected chi connectivity index (χ4v) is 6.21. The average molecular weight is 279 g/mol. The molecule has 0 aliphatic carbocycles. The predicted molar refractivity (Wildman–Crippen MR) is 93.3 cm³/mol. The number of rotatable bonds is 5. The third-order valence-corrected chi connectivity index (χ3v) is 7.33. The van der Waals surface area contributed by atoms with E-state index in [9.17, 15) is 0 Å². The summed E-state index contributed by atoms with van der Waals surface area (Å²) in [5, 5.41) is 1.85. The van der Waals surface area contributed by atoms with Crippen molar-refractivity contribution in [1.29, 1.82) is 0 Å². The van der Waals surface area contributed by atoms with Gasteiger partial charge in [-0.25, -0.2) is 0 Å². The van der Waals surface area contributed by atoms with Gasteiger partial charge in [0.1, 0.15) is 0 Å². The van der Waals surface area contributed by atoms with E-state index in [1.54, 1.807) is 0 Å². The van der Waals surface area contributed by atoms with Crippen LogP contribution in [0.5, 0.6) is 0 Å². The molecule has 2 nitrogen and oxygen atoms in total. The second-order valence-corrected chi connectivity index (χ2v) is 13.0. The zero-order chi connectivity index (χ0) is 15.1. The fraction of sp³-hybridized carbons (Fsp3) is 0.929. The van der Waals surface area contributed by atoms with E-state index < -0.39 is 8.07 Å². The van der Waals surface area contributed by atoms with E-state index in [1.165, 1.54) is 0 Å². The van der Waals surface area contributed by atoms with Crippen molar-refractivity contribution in [2.75, 3.05) is 14.1 Å². The van der Waals surface area contributed by atoms with Gasteiger partial charge in [0.15, 0.2) is 0 Å². The van der Waals surface area contributed by atoms with Crippen molar-refractivity contribution in [2.45, 2.75) is 72.1 Å². The first-order chi connectivity index (χ1) is 8.50. The van der Waals surface area contributed by atoms with E-state index in [4.69, 9.17) is 0 Å². The van der Waals surface area contributed by atoms with Gasteiger partial charge in [0.25, 0.3) is 0 Å². The maximum atomic E-state index is 2.59. The molecule has 1 fully saturated rings. The molecule has 1 heterocycles. The zero-order valence-electron chi connectivity index (χ0n) is 14.8. The van der Waals surface area contributed by atoms with Crippen LogP contribution in [0.15, 0.2) is 0 Å². The molecule has 0 aromatic heterocycles. The molecule has 19 heavy (non-hydrogen) atoms. The highest BCUT2D eigenvalue weighted by Gasteiger charge is 2.47. The van der Waals surface area contributed by atoms with Gasteiger partial charge in [0.05, 0.1) is 0 Å². The molecule has 0 aromatic carbocycles. The maximum Gasteiger partial charge on any atom is 0.0446 e. The summed E-state index contributed by atoms with van der Waals surface area (Å²) in [4.78, 5) is 5.17. The SMILES string of the molecule is CC1B(N(C)C(C)C)[C-]([Si](C)(C)C)B1N(C)C(C)C.